The number of carbonyl (C=O) groups is 2. The molecule has 1 N–H and O–H groups in total. The highest BCUT2D eigenvalue weighted by Gasteiger charge is 2.44. The minimum atomic E-state index is -0.612. The van der Waals surface area contributed by atoms with Gasteiger partial charge in [0, 0.05) is 19.6 Å². The molecule has 136 valence electrons. The summed E-state index contributed by atoms with van der Waals surface area (Å²) in [6, 6.07) is 13.0. The summed E-state index contributed by atoms with van der Waals surface area (Å²) >= 11 is 0. The van der Waals surface area contributed by atoms with Gasteiger partial charge in [0.1, 0.15) is 0 Å². The van der Waals surface area contributed by atoms with Gasteiger partial charge in [0.2, 0.25) is 0 Å². The summed E-state index contributed by atoms with van der Waals surface area (Å²) in [5, 5.41) is 12.5. The Balaban J connectivity index is 2.20. The highest BCUT2D eigenvalue weighted by molar-refractivity contribution is 6.10. The van der Waals surface area contributed by atoms with Crippen LogP contribution in [0.4, 0.5) is 0 Å². The number of ketones is 1. The van der Waals surface area contributed by atoms with Gasteiger partial charge in [-0.25, -0.2) is 0 Å². The molecule has 0 fully saturated rings. The van der Waals surface area contributed by atoms with Crippen molar-refractivity contribution in [2.75, 3.05) is 20.3 Å². The van der Waals surface area contributed by atoms with Gasteiger partial charge in [0.25, 0.3) is 5.91 Å². The van der Waals surface area contributed by atoms with E-state index in [4.69, 9.17) is 4.74 Å². The Morgan fingerprint density at radius 1 is 1.19 bits per heavy atom. The Bertz CT molecular complexity index is 879. The Kier molecular flexibility index (Phi) is 5.09. The first kappa shape index (κ1) is 18.1. The summed E-state index contributed by atoms with van der Waals surface area (Å²) in [5.74, 6) is -1.50. The Labute approximate surface area is 152 Å². The van der Waals surface area contributed by atoms with Gasteiger partial charge in [0.15, 0.2) is 11.5 Å². The molecular formula is C21H23NO4. The zero-order valence-electron chi connectivity index (χ0n) is 15.2. The van der Waals surface area contributed by atoms with Gasteiger partial charge in [-0.05, 0) is 16.3 Å². The summed E-state index contributed by atoms with van der Waals surface area (Å²) in [6.45, 7) is 4.15. The monoisotopic (exact) mass is 353 g/mol. The van der Waals surface area contributed by atoms with E-state index in [1.165, 1.54) is 4.90 Å². The molecule has 0 bridgehead atoms. The standard InChI is InChI=1S/C21H23NO4/c1-13(2)19(23)17-18(22(11-12-26-3)21(25)20(17)24)16-10-6-8-14-7-4-5-9-15(14)16/h4-10,13,18,24H,11-12H2,1-3H3. The topological polar surface area (TPSA) is 66.8 Å². The number of aliphatic hydroxyl groups excluding tert-OH is 1. The predicted molar refractivity (Wildman–Crippen MR) is 99.8 cm³/mol. The van der Waals surface area contributed by atoms with Crippen LogP contribution in [-0.4, -0.2) is 42.0 Å². The van der Waals surface area contributed by atoms with Gasteiger partial charge in [-0.1, -0.05) is 56.3 Å². The first-order valence-electron chi connectivity index (χ1n) is 8.72. The van der Waals surface area contributed by atoms with Crippen LogP contribution in [0.2, 0.25) is 0 Å². The van der Waals surface area contributed by atoms with E-state index in [1.54, 1.807) is 21.0 Å². The molecule has 1 heterocycles. The number of nitrogens with zero attached hydrogens (tertiary/aromatic N) is 1. The van der Waals surface area contributed by atoms with Gasteiger partial charge < -0.3 is 14.7 Å². The number of hydrogen-bond acceptors (Lipinski definition) is 4. The van der Waals surface area contributed by atoms with Crippen molar-refractivity contribution in [3.63, 3.8) is 0 Å². The molecule has 0 aromatic heterocycles. The van der Waals surface area contributed by atoms with Crippen LogP contribution >= 0.6 is 0 Å². The zero-order valence-corrected chi connectivity index (χ0v) is 15.2. The molecule has 2 aromatic carbocycles. The van der Waals surface area contributed by atoms with E-state index in [0.717, 1.165) is 16.3 Å². The summed E-state index contributed by atoms with van der Waals surface area (Å²) in [7, 11) is 1.56. The maximum Gasteiger partial charge on any atom is 0.290 e. The number of ether oxygens (including phenoxy) is 1. The smallest absolute Gasteiger partial charge is 0.290 e. The van der Waals surface area contributed by atoms with Crippen LogP contribution in [0.15, 0.2) is 53.8 Å². The first-order chi connectivity index (χ1) is 12.5. The number of hydrogen-bond donors (Lipinski definition) is 1. The number of fused-ring (bicyclic) bond motifs is 1. The molecule has 0 radical (unpaired) electrons. The van der Waals surface area contributed by atoms with E-state index < -0.39 is 17.7 Å². The number of Topliss-reactive ketones (excluding diaryl/α,β-unsaturated/α-hetero) is 1. The van der Waals surface area contributed by atoms with E-state index in [-0.39, 0.29) is 17.3 Å². The second kappa shape index (κ2) is 7.30. The van der Waals surface area contributed by atoms with Crippen molar-refractivity contribution >= 4 is 22.5 Å². The number of aliphatic hydroxyl groups is 1. The van der Waals surface area contributed by atoms with Gasteiger partial charge in [0.05, 0.1) is 18.2 Å². The fourth-order valence-electron chi connectivity index (χ4n) is 3.45. The van der Waals surface area contributed by atoms with Gasteiger partial charge >= 0.3 is 0 Å². The largest absolute Gasteiger partial charge is 0.503 e. The van der Waals surface area contributed by atoms with Gasteiger partial charge in [-0.3, -0.25) is 9.59 Å². The summed E-state index contributed by atoms with van der Waals surface area (Å²) in [6.07, 6.45) is 0. The SMILES string of the molecule is COCCN1C(=O)C(O)=C(C(=O)C(C)C)C1c1cccc2ccccc12. The van der Waals surface area contributed by atoms with Crippen LogP contribution < -0.4 is 0 Å². The number of benzene rings is 2. The van der Waals surface area contributed by atoms with Crippen LogP contribution in [-0.2, 0) is 14.3 Å². The fraction of sp³-hybridized carbons (Fsp3) is 0.333. The summed E-state index contributed by atoms with van der Waals surface area (Å²) in [5.41, 5.74) is 1.01. The average Bonchev–Trinajstić information content (AvgIpc) is 2.89. The van der Waals surface area contributed by atoms with Crippen molar-refractivity contribution in [1.29, 1.82) is 0 Å². The predicted octanol–water partition coefficient (Wildman–Crippen LogP) is 3.41. The molecule has 5 heteroatoms. The minimum absolute atomic E-state index is 0.178. The quantitative estimate of drug-likeness (QED) is 0.864. The zero-order chi connectivity index (χ0) is 18.8. The molecule has 1 aliphatic rings. The summed E-state index contributed by atoms with van der Waals surface area (Å²) in [4.78, 5) is 27.0. The normalized spacial score (nSPS) is 17.6. The van der Waals surface area contributed by atoms with E-state index in [0.29, 0.717) is 13.2 Å². The van der Waals surface area contributed by atoms with Crippen molar-refractivity contribution in [3.8, 4) is 0 Å². The summed E-state index contributed by atoms with van der Waals surface area (Å²) < 4.78 is 5.12. The molecule has 0 aliphatic carbocycles. The molecule has 1 aliphatic heterocycles. The molecule has 3 rings (SSSR count). The minimum Gasteiger partial charge on any atom is -0.503 e. The van der Waals surface area contributed by atoms with Crippen molar-refractivity contribution in [2.24, 2.45) is 5.92 Å². The van der Waals surface area contributed by atoms with Gasteiger partial charge in [-0.15, -0.1) is 0 Å². The van der Waals surface area contributed by atoms with E-state index in [1.807, 2.05) is 42.5 Å². The molecular weight excluding hydrogens is 330 g/mol. The second-order valence-corrected chi connectivity index (χ2v) is 6.74. The number of amides is 1. The van der Waals surface area contributed by atoms with Crippen molar-refractivity contribution in [3.05, 3.63) is 59.4 Å². The molecule has 0 spiro atoms. The highest BCUT2D eigenvalue weighted by Crippen LogP contribution is 2.41. The third kappa shape index (κ3) is 2.99. The van der Waals surface area contributed by atoms with E-state index in [9.17, 15) is 14.7 Å². The van der Waals surface area contributed by atoms with Crippen molar-refractivity contribution in [1.82, 2.24) is 4.90 Å². The van der Waals surface area contributed by atoms with Crippen LogP contribution in [0.1, 0.15) is 25.5 Å². The second-order valence-electron chi connectivity index (χ2n) is 6.74. The van der Waals surface area contributed by atoms with Crippen LogP contribution in [0.25, 0.3) is 10.8 Å². The Morgan fingerprint density at radius 2 is 1.88 bits per heavy atom. The molecule has 1 amide bonds. The molecule has 2 aromatic rings. The lowest BCUT2D eigenvalue weighted by Crippen LogP contribution is -2.34. The van der Waals surface area contributed by atoms with Crippen LogP contribution in [0, 0.1) is 5.92 Å². The Morgan fingerprint density at radius 3 is 2.58 bits per heavy atom. The molecule has 0 saturated heterocycles. The van der Waals surface area contributed by atoms with Crippen LogP contribution in [0.3, 0.4) is 0 Å². The van der Waals surface area contributed by atoms with Crippen molar-refractivity contribution < 1.29 is 19.4 Å². The van der Waals surface area contributed by atoms with Crippen molar-refractivity contribution in [2.45, 2.75) is 19.9 Å². The first-order valence-corrected chi connectivity index (χ1v) is 8.72. The lowest BCUT2D eigenvalue weighted by atomic mass is 9.89. The Hall–Kier alpha value is -2.66. The molecule has 0 saturated carbocycles. The van der Waals surface area contributed by atoms with E-state index >= 15 is 0 Å². The van der Waals surface area contributed by atoms with E-state index in [2.05, 4.69) is 0 Å². The number of methoxy groups -OCH3 is 1. The molecule has 5 nitrogen and oxygen atoms in total. The lowest BCUT2D eigenvalue weighted by molar-refractivity contribution is -0.130. The molecule has 26 heavy (non-hydrogen) atoms. The third-order valence-electron chi connectivity index (χ3n) is 4.75. The third-order valence-corrected chi connectivity index (χ3v) is 4.75. The average molecular weight is 353 g/mol. The number of carbonyl (C=O) groups excluding carboxylic acids is 2. The van der Waals surface area contributed by atoms with Crippen LogP contribution in [0.5, 0.6) is 0 Å². The number of rotatable bonds is 6. The maximum absolute atomic E-state index is 12.8. The van der Waals surface area contributed by atoms with Gasteiger partial charge in [-0.2, -0.15) is 0 Å². The molecule has 1 atom stereocenters. The lowest BCUT2D eigenvalue weighted by Gasteiger charge is -2.28. The molecule has 1 unspecified atom stereocenters. The maximum atomic E-state index is 12.8. The highest BCUT2D eigenvalue weighted by atomic mass is 16.5. The fourth-order valence-corrected chi connectivity index (χ4v) is 3.45.